The summed E-state index contributed by atoms with van der Waals surface area (Å²) in [6.45, 7) is 2.01. The van der Waals surface area contributed by atoms with Gasteiger partial charge in [-0.25, -0.2) is 4.79 Å². The molecule has 0 aliphatic rings. The van der Waals surface area contributed by atoms with Crippen molar-refractivity contribution in [3.63, 3.8) is 0 Å². The molecular formula is C17H17BrClNO5S. The highest BCUT2D eigenvalue weighted by molar-refractivity contribution is 9.10. The summed E-state index contributed by atoms with van der Waals surface area (Å²) in [7, 11) is 0. The second-order valence-electron chi connectivity index (χ2n) is 5.09. The summed E-state index contributed by atoms with van der Waals surface area (Å²) >= 11 is 13.4. The second kappa shape index (κ2) is 9.89. The highest BCUT2D eigenvalue weighted by atomic mass is 79.9. The van der Waals surface area contributed by atoms with Gasteiger partial charge >= 0.3 is 5.97 Å². The van der Waals surface area contributed by atoms with E-state index in [1.54, 1.807) is 31.2 Å². The normalized spacial score (nSPS) is 11.7. The third-order valence-corrected chi connectivity index (χ3v) is 4.36. The highest BCUT2D eigenvalue weighted by Gasteiger charge is 2.22. The summed E-state index contributed by atoms with van der Waals surface area (Å²) in [5, 5.41) is 2.97. The average molecular weight is 463 g/mol. The van der Waals surface area contributed by atoms with Crippen LogP contribution >= 0.6 is 40.2 Å². The van der Waals surface area contributed by atoms with Crippen molar-refractivity contribution in [2.45, 2.75) is 19.6 Å². The number of hydrogen-bond acceptors (Lipinski definition) is 6. The monoisotopic (exact) mass is 461 g/mol. The number of esters is 1. The molecule has 26 heavy (non-hydrogen) atoms. The minimum absolute atomic E-state index is 0.0570. The molecule has 0 radical (unpaired) electrons. The van der Waals surface area contributed by atoms with Crippen LogP contribution in [0, 0.1) is 0 Å². The van der Waals surface area contributed by atoms with Crippen LogP contribution in [0.3, 0.4) is 0 Å². The fourth-order valence-electron chi connectivity index (χ4n) is 1.97. The van der Waals surface area contributed by atoms with Gasteiger partial charge < -0.3 is 19.2 Å². The molecule has 0 aliphatic heterocycles. The number of furan rings is 1. The third-order valence-electron chi connectivity index (χ3n) is 3.21. The number of hydrogen-bond donors (Lipinski definition) is 2. The molecule has 1 N–H and O–H groups in total. The summed E-state index contributed by atoms with van der Waals surface area (Å²) in [4.78, 5) is 23.9. The highest BCUT2D eigenvalue weighted by Crippen LogP contribution is 2.28. The van der Waals surface area contributed by atoms with E-state index in [4.69, 9.17) is 25.5 Å². The number of amides is 1. The van der Waals surface area contributed by atoms with Gasteiger partial charge in [-0.3, -0.25) is 4.79 Å². The summed E-state index contributed by atoms with van der Waals surface area (Å²) in [6.07, 6.45) is 0. The van der Waals surface area contributed by atoms with E-state index >= 15 is 0 Å². The zero-order valence-electron chi connectivity index (χ0n) is 13.8. The first-order valence-electron chi connectivity index (χ1n) is 7.69. The number of halogens is 2. The molecule has 0 bridgehead atoms. The first kappa shape index (κ1) is 20.7. The van der Waals surface area contributed by atoms with E-state index in [-0.39, 0.29) is 24.7 Å². The Bertz CT molecular complexity index is 782. The molecule has 1 aromatic heterocycles. The van der Waals surface area contributed by atoms with E-state index in [0.29, 0.717) is 16.5 Å². The van der Waals surface area contributed by atoms with Crippen molar-refractivity contribution in [3.8, 4) is 5.75 Å². The Morgan fingerprint density at radius 1 is 1.35 bits per heavy atom. The predicted octanol–water partition coefficient (Wildman–Crippen LogP) is 3.87. The number of thiol groups is 1. The lowest BCUT2D eigenvalue weighted by molar-refractivity contribution is -0.144. The fraction of sp³-hybridized carbons (Fsp3) is 0.294. The van der Waals surface area contributed by atoms with Crippen molar-refractivity contribution in [3.05, 3.63) is 51.3 Å². The Morgan fingerprint density at radius 2 is 2.12 bits per heavy atom. The number of carbonyl (C=O) groups is 2. The number of nitrogens with one attached hydrogen (secondary N) is 1. The molecule has 0 fully saturated rings. The number of ether oxygens (including phenoxy) is 2. The minimum atomic E-state index is -0.850. The van der Waals surface area contributed by atoms with E-state index in [2.05, 4.69) is 33.9 Å². The van der Waals surface area contributed by atoms with E-state index < -0.39 is 17.9 Å². The maximum Gasteiger partial charge on any atom is 0.329 e. The van der Waals surface area contributed by atoms with Crippen LogP contribution in [-0.2, 0) is 16.1 Å². The largest absolute Gasteiger partial charge is 0.484 e. The Labute approximate surface area is 169 Å². The Hall–Kier alpha value is -1.64. The van der Waals surface area contributed by atoms with Crippen LogP contribution in [0.2, 0.25) is 5.02 Å². The van der Waals surface area contributed by atoms with Gasteiger partial charge in [-0.2, -0.15) is 12.6 Å². The number of rotatable bonds is 8. The molecule has 0 aliphatic carbocycles. The summed E-state index contributed by atoms with van der Waals surface area (Å²) in [5.74, 6) is 0.0217. The van der Waals surface area contributed by atoms with Gasteiger partial charge in [0, 0.05) is 10.2 Å². The van der Waals surface area contributed by atoms with Crippen LogP contribution in [0.25, 0.3) is 0 Å². The summed E-state index contributed by atoms with van der Waals surface area (Å²) in [5.41, 5.74) is 0. The quantitative estimate of drug-likeness (QED) is 0.460. The van der Waals surface area contributed by atoms with E-state index in [1.807, 2.05) is 0 Å². The van der Waals surface area contributed by atoms with Crippen molar-refractivity contribution >= 4 is 52.0 Å². The van der Waals surface area contributed by atoms with Gasteiger partial charge in [0.2, 0.25) is 0 Å². The standard InChI is InChI=1S/C17H17BrClNO5S/c1-2-23-17(22)13(9-26)20-16(21)15-6-4-11(25-15)8-24-14-5-3-10(18)7-12(14)19/h3-7,13,26H,2,8-9H2,1H3,(H,20,21)/t13-/m0/s1. The van der Waals surface area contributed by atoms with Crippen LogP contribution in [0.5, 0.6) is 5.75 Å². The third kappa shape index (κ3) is 5.69. The Kier molecular flexibility index (Phi) is 7.86. The van der Waals surface area contributed by atoms with E-state index in [9.17, 15) is 9.59 Å². The zero-order valence-corrected chi connectivity index (χ0v) is 17.1. The van der Waals surface area contributed by atoms with E-state index in [1.165, 1.54) is 6.07 Å². The van der Waals surface area contributed by atoms with Crippen LogP contribution in [0.1, 0.15) is 23.2 Å². The number of benzene rings is 1. The molecule has 1 aromatic carbocycles. The molecule has 0 saturated carbocycles. The van der Waals surface area contributed by atoms with Crippen LogP contribution in [0.4, 0.5) is 0 Å². The summed E-state index contributed by atoms with van der Waals surface area (Å²) < 4.78 is 16.7. The van der Waals surface area contributed by atoms with Gasteiger partial charge in [0.15, 0.2) is 5.76 Å². The maximum atomic E-state index is 12.2. The molecule has 1 heterocycles. The van der Waals surface area contributed by atoms with Gasteiger partial charge in [-0.1, -0.05) is 27.5 Å². The van der Waals surface area contributed by atoms with Gasteiger partial charge in [-0.15, -0.1) is 0 Å². The lowest BCUT2D eigenvalue weighted by atomic mass is 10.3. The van der Waals surface area contributed by atoms with Crippen LogP contribution in [-0.4, -0.2) is 30.3 Å². The minimum Gasteiger partial charge on any atom is -0.484 e. The SMILES string of the molecule is CCOC(=O)[C@H](CS)NC(=O)c1ccc(COc2ccc(Br)cc2Cl)o1. The lowest BCUT2D eigenvalue weighted by Crippen LogP contribution is -2.43. The van der Waals surface area contributed by atoms with Crippen molar-refractivity contribution in [2.75, 3.05) is 12.4 Å². The molecule has 0 spiro atoms. The fourth-order valence-corrected chi connectivity index (χ4v) is 2.94. The molecule has 1 amide bonds. The molecule has 0 unspecified atom stereocenters. The van der Waals surface area contributed by atoms with Gasteiger partial charge in [0.25, 0.3) is 5.91 Å². The number of carbonyl (C=O) groups excluding carboxylic acids is 2. The van der Waals surface area contributed by atoms with Gasteiger partial charge in [-0.05, 0) is 37.3 Å². The summed E-state index contributed by atoms with van der Waals surface area (Å²) in [6, 6.07) is 7.50. The second-order valence-corrected chi connectivity index (χ2v) is 6.78. The first-order valence-corrected chi connectivity index (χ1v) is 9.49. The smallest absolute Gasteiger partial charge is 0.329 e. The lowest BCUT2D eigenvalue weighted by Gasteiger charge is -2.14. The first-order chi connectivity index (χ1) is 12.4. The zero-order chi connectivity index (χ0) is 19.1. The molecule has 9 heteroatoms. The average Bonchev–Trinajstić information content (AvgIpc) is 3.08. The van der Waals surface area contributed by atoms with Crippen molar-refractivity contribution in [1.82, 2.24) is 5.32 Å². The van der Waals surface area contributed by atoms with Crippen molar-refractivity contribution < 1.29 is 23.5 Å². The van der Waals surface area contributed by atoms with Crippen molar-refractivity contribution in [2.24, 2.45) is 0 Å². The topological polar surface area (TPSA) is 77.8 Å². The molecule has 140 valence electrons. The maximum absolute atomic E-state index is 12.2. The molecule has 1 atom stereocenters. The molecule has 2 aromatic rings. The van der Waals surface area contributed by atoms with Crippen LogP contribution < -0.4 is 10.1 Å². The Balaban J connectivity index is 1.95. The molecular weight excluding hydrogens is 446 g/mol. The molecule has 0 saturated heterocycles. The van der Waals surface area contributed by atoms with Gasteiger partial charge in [0.1, 0.15) is 24.2 Å². The molecule has 6 nitrogen and oxygen atoms in total. The van der Waals surface area contributed by atoms with Gasteiger partial charge in [0.05, 0.1) is 11.6 Å². The Morgan fingerprint density at radius 3 is 2.77 bits per heavy atom. The van der Waals surface area contributed by atoms with E-state index in [0.717, 1.165) is 4.47 Å². The van der Waals surface area contributed by atoms with Crippen molar-refractivity contribution in [1.29, 1.82) is 0 Å². The molecule has 2 rings (SSSR count). The predicted molar refractivity (Wildman–Crippen MR) is 104 cm³/mol. The van der Waals surface area contributed by atoms with Crippen LogP contribution in [0.15, 0.2) is 39.2 Å².